The highest BCUT2D eigenvalue weighted by Crippen LogP contribution is 2.13. The van der Waals surface area contributed by atoms with E-state index in [0.29, 0.717) is 11.8 Å². The average Bonchev–Trinajstić information content (AvgIpc) is 2.83. The van der Waals surface area contributed by atoms with E-state index in [1.807, 2.05) is 4.90 Å². The van der Waals surface area contributed by atoms with Gasteiger partial charge < -0.3 is 10.2 Å². The number of carbonyl (C=O) groups excluding carboxylic acids is 1. The van der Waals surface area contributed by atoms with Crippen LogP contribution in [0.1, 0.15) is 46.5 Å². The van der Waals surface area contributed by atoms with Crippen molar-refractivity contribution in [2.24, 2.45) is 5.92 Å². The maximum absolute atomic E-state index is 12.2. The van der Waals surface area contributed by atoms with Crippen molar-refractivity contribution in [3.8, 4) is 0 Å². The molecule has 16 heavy (non-hydrogen) atoms. The van der Waals surface area contributed by atoms with Crippen LogP contribution in [0.25, 0.3) is 0 Å². The number of hydrogen-bond acceptors (Lipinski definition) is 2. The third kappa shape index (κ3) is 3.48. The first kappa shape index (κ1) is 13.5. The van der Waals surface area contributed by atoms with Gasteiger partial charge in [-0.3, -0.25) is 4.79 Å². The van der Waals surface area contributed by atoms with Crippen molar-refractivity contribution in [3.63, 3.8) is 0 Å². The Bertz CT molecular complexity index is 208. The summed E-state index contributed by atoms with van der Waals surface area (Å²) >= 11 is 0. The molecule has 1 rings (SSSR count). The van der Waals surface area contributed by atoms with Crippen molar-refractivity contribution in [3.05, 3.63) is 0 Å². The van der Waals surface area contributed by atoms with Crippen molar-refractivity contribution in [1.82, 2.24) is 10.2 Å². The van der Waals surface area contributed by atoms with E-state index < -0.39 is 0 Å². The summed E-state index contributed by atoms with van der Waals surface area (Å²) < 4.78 is 0. The van der Waals surface area contributed by atoms with Gasteiger partial charge in [0.05, 0.1) is 6.04 Å². The minimum atomic E-state index is 0.0920. The number of amides is 1. The zero-order chi connectivity index (χ0) is 12.0. The molecule has 0 unspecified atom stereocenters. The second kappa shape index (κ2) is 6.89. The fraction of sp³-hybridized carbons (Fsp3) is 0.923. The number of nitrogens with zero attached hydrogens (tertiary/aromatic N) is 1. The Morgan fingerprint density at radius 3 is 2.50 bits per heavy atom. The number of rotatable bonds is 6. The van der Waals surface area contributed by atoms with Gasteiger partial charge in [0.2, 0.25) is 5.91 Å². The molecule has 0 aliphatic carbocycles. The van der Waals surface area contributed by atoms with Crippen LogP contribution in [0.15, 0.2) is 0 Å². The summed E-state index contributed by atoms with van der Waals surface area (Å²) in [7, 11) is 0. The Kier molecular flexibility index (Phi) is 5.81. The quantitative estimate of drug-likeness (QED) is 0.751. The maximum atomic E-state index is 12.2. The van der Waals surface area contributed by atoms with Crippen molar-refractivity contribution >= 4 is 5.91 Å². The number of hydrogen-bond donors (Lipinski definition) is 1. The molecule has 0 spiro atoms. The first-order chi connectivity index (χ1) is 7.72. The summed E-state index contributed by atoms with van der Waals surface area (Å²) in [6.45, 7) is 9.27. The Hall–Kier alpha value is -0.570. The average molecular weight is 226 g/mol. The smallest absolute Gasteiger partial charge is 0.239 e. The molecule has 94 valence electrons. The first-order valence-corrected chi connectivity index (χ1v) is 6.75. The summed E-state index contributed by atoms with van der Waals surface area (Å²) in [4.78, 5) is 14.2. The van der Waals surface area contributed by atoms with Crippen molar-refractivity contribution in [2.75, 3.05) is 19.6 Å². The summed E-state index contributed by atoms with van der Waals surface area (Å²) in [5.74, 6) is 0.970. The summed E-state index contributed by atoms with van der Waals surface area (Å²) in [6.07, 6.45) is 4.48. The number of carbonyl (C=O) groups is 1. The molecule has 0 aromatic rings. The maximum Gasteiger partial charge on any atom is 0.239 e. The zero-order valence-corrected chi connectivity index (χ0v) is 11.0. The highest BCUT2D eigenvalue weighted by molar-refractivity contribution is 5.82. The summed E-state index contributed by atoms with van der Waals surface area (Å²) in [5.41, 5.74) is 0. The van der Waals surface area contributed by atoms with E-state index in [0.717, 1.165) is 32.5 Å². The van der Waals surface area contributed by atoms with Crippen LogP contribution in [0.4, 0.5) is 0 Å². The van der Waals surface area contributed by atoms with Gasteiger partial charge in [-0.2, -0.15) is 0 Å². The minimum Gasteiger partial charge on any atom is -0.341 e. The summed E-state index contributed by atoms with van der Waals surface area (Å²) in [6, 6.07) is 0.0920. The Balaban J connectivity index is 2.48. The van der Waals surface area contributed by atoms with Gasteiger partial charge in [0.25, 0.3) is 0 Å². The van der Waals surface area contributed by atoms with Gasteiger partial charge in [0, 0.05) is 13.1 Å². The Labute approximate surface area is 99.6 Å². The zero-order valence-electron chi connectivity index (χ0n) is 11.0. The minimum absolute atomic E-state index is 0.0920. The lowest BCUT2D eigenvalue weighted by molar-refractivity contribution is -0.133. The third-order valence-corrected chi connectivity index (χ3v) is 3.69. The topological polar surface area (TPSA) is 32.3 Å². The van der Waals surface area contributed by atoms with Crippen LogP contribution in [0, 0.1) is 5.92 Å². The molecule has 1 saturated heterocycles. The summed E-state index contributed by atoms with van der Waals surface area (Å²) in [5, 5.41) is 3.29. The molecule has 3 heteroatoms. The van der Waals surface area contributed by atoms with E-state index in [1.54, 1.807) is 0 Å². The lowest BCUT2D eigenvalue weighted by atomic mass is 10.0. The van der Waals surface area contributed by atoms with Crippen molar-refractivity contribution in [2.45, 2.75) is 52.5 Å². The molecule has 1 fully saturated rings. The van der Waals surface area contributed by atoms with Crippen LogP contribution in [0.3, 0.4) is 0 Å². The third-order valence-electron chi connectivity index (χ3n) is 3.69. The van der Waals surface area contributed by atoms with Crippen LogP contribution in [-0.4, -0.2) is 36.5 Å². The van der Waals surface area contributed by atoms with Crippen LogP contribution in [0.2, 0.25) is 0 Å². The number of nitrogens with one attached hydrogen (secondary N) is 1. The van der Waals surface area contributed by atoms with Gasteiger partial charge in [0.15, 0.2) is 0 Å². The Morgan fingerprint density at radius 2 is 2.06 bits per heavy atom. The standard InChI is InChI=1S/C13H26N2O/c1-4-11(5-2)10-15(6-3)13(16)12-8-7-9-14-12/h11-12,14H,4-10H2,1-3H3/t12-/m0/s1. The normalized spacial score (nSPS) is 20.4. The van der Waals surface area contributed by atoms with Crippen LogP contribution >= 0.6 is 0 Å². The number of likely N-dealkylation sites (N-methyl/N-ethyl adjacent to an activating group) is 1. The van der Waals surface area contributed by atoms with Crippen LogP contribution in [-0.2, 0) is 4.79 Å². The van der Waals surface area contributed by atoms with Crippen LogP contribution in [0.5, 0.6) is 0 Å². The van der Waals surface area contributed by atoms with E-state index in [1.165, 1.54) is 12.8 Å². The van der Waals surface area contributed by atoms with Gasteiger partial charge in [0.1, 0.15) is 0 Å². The molecule has 0 aromatic carbocycles. The molecule has 1 atom stereocenters. The molecular weight excluding hydrogens is 200 g/mol. The fourth-order valence-corrected chi connectivity index (χ4v) is 2.35. The predicted octanol–water partition coefficient (Wildman–Crippen LogP) is 2.02. The van der Waals surface area contributed by atoms with E-state index in [9.17, 15) is 4.79 Å². The van der Waals surface area contributed by atoms with Crippen molar-refractivity contribution in [1.29, 1.82) is 0 Å². The lowest BCUT2D eigenvalue weighted by Crippen LogP contribution is -2.45. The van der Waals surface area contributed by atoms with Gasteiger partial charge >= 0.3 is 0 Å². The molecule has 1 N–H and O–H groups in total. The molecule has 1 heterocycles. The lowest BCUT2D eigenvalue weighted by Gasteiger charge is -2.28. The second-order valence-electron chi connectivity index (χ2n) is 4.71. The van der Waals surface area contributed by atoms with Crippen molar-refractivity contribution < 1.29 is 4.79 Å². The molecule has 0 bridgehead atoms. The molecular formula is C13H26N2O. The predicted molar refractivity (Wildman–Crippen MR) is 67.4 cm³/mol. The first-order valence-electron chi connectivity index (χ1n) is 6.75. The van der Waals surface area contributed by atoms with Crippen LogP contribution < -0.4 is 5.32 Å². The molecule has 0 aromatic heterocycles. The van der Waals surface area contributed by atoms with E-state index >= 15 is 0 Å². The SMILES string of the molecule is CCC(CC)CN(CC)C(=O)[C@@H]1CCCN1. The highest BCUT2D eigenvalue weighted by Gasteiger charge is 2.26. The van der Waals surface area contributed by atoms with E-state index in [2.05, 4.69) is 26.1 Å². The molecule has 1 amide bonds. The van der Waals surface area contributed by atoms with Gasteiger partial charge in [-0.25, -0.2) is 0 Å². The molecule has 0 saturated carbocycles. The Morgan fingerprint density at radius 1 is 1.38 bits per heavy atom. The molecule has 1 aliphatic rings. The van der Waals surface area contributed by atoms with E-state index in [-0.39, 0.29) is 6.04 Å². The van der Waals surface area contributed by atoms with E-state index in [4.69, 9.17) is 0 Å². The monoisotopic (exact) mass is 226 g/mol. The van der Waals surface area contributed by atoms with Gasteiger partial charge in [-0.05, 0) is 32.2 Å². The van der Waals surface area contributed by atoms with Gasteiger partial charge in [-0.1, -0.05) is 26.7 Å². The molecule has 3 nitrogen and oxygen atoms in total. The molecule has 0 radical (unpaired) electrons. The molecule has 1 aliphatic heterocycles. The largest absolute Gasteiger partial charge is 0.341 e. The fourth-order valence-electron chi connectivity index (χ4n) is 2.35. The second-order valence-corrected chi connectivity index (χ2v) is 4.71. The van der Waals surface area contributed by atoms with Gasteiger partial charge in [-0.15, -0.1) is 0 Å². The highest BCUT2D eigenvalue weighted by atomic mass is 16.2.